The van der Waals surface area contributed by atoms with E-state index in [-0.39, 0.29) is 15.5 Å². The highest BCUT2D eigenvalue weighted by Gasteiger charge is 2.29. The van der Waals surface area contributed by atoms with Crippen LogP contribution in [-0.4, -0.2) is 37.7 Å². The van der Waals surface area contributed by atoms with Crippen molar-refractivity contribution in [1.82, 2.24) is 5.32 Å². The first-order valence-electron chi connectivity index (χ1n) is 5.20. The molecule has 1 rings (SSSR count). The first-order valence-corrected chi connectivity index (χ1v) is 7.12. The van der Waals surface area contributed by atoms with Crippen molar-refractivity contribution >= 4 is 33.3 Å². The van der Waals surface area contributed by atoms with E-state index in [1.54, 1.807) is 0 Å². The zero-order valence-electron chi connectivity index (χ0n) is 10.2. The SMILES string of the molecule is CNC(=O)C(C)S(=O)(=O)c1ccc(C(=O)O)c(Cl)c1. The number of amides is 1. The third kappa shape index (κ3) is 3.05. The maximum Gasteiger partial charge on any atom is 0.337 e. The third-order valence-corrected chi connectivity index (χ3v) is 4.95. The summed E-state index contributed by atoms with van der Waals surface area (Å²) in [4.78, 5) is 22.0. The van der Waals surface area contributed by atoms with Gasteiger partial charge in [-0.1, -0.05) is 11.6 Å². The van der Waals surface area contributed by atoms with Gasteiger partial charge < -0.3 is 10.4 Å². The van der Waals surface area contributed by atoms with Crippen LogP contribution in [0.15, 0.2) is 23.1 Å². The molecule has 1 atom stereocenters. The van der Waals surface area contributed by atoms with Gasteiger partial charge in [-0.3, -0.25) is 4.79 Å². The Morgan fingerprint density at radius 3 is 2.37 bits per heavy atom. The topological polar surface area (TPSA) is 101 Å². The van der Waals surface area contributed by atoms with Crippen LogP contribution in [0.5, 0.6) is 0 Å². The molecule has 104 valence electrons. The molecule has 0 aliphatic heterocycles. The standard InChI is InChI=1S/C11H12ClNO5S/c1-6(10(14)13-2)19(17,18)7-3-4-8(11(15)16)9(12)5-7/h3-6H,1-2H3,(H,13,14)(H,15,16). The summed E-state index contributed by atoms with van der Waals surface area (Å²) in [5.74, 6) is -1.91. The van der Waals surface area contributed by atoms with Crippen LogP contribution in [0, 0.1) is 0 Å². The number of carbonyl (C=O) groups is 2. The molecule has 19 heavy (non-hydrogen) atoms. The minimum atomic E-state index is -3.90. The Bertz CT molecular complexity index is 626. The van der Waals surface area contributed by atoms with Crippen LogP contribution >= 0.6 is 11.6 Å². The Morgan fingerprint density at radius 1 is 1.37 bits per heavy atom. The highest BCUT2D eigenvalue weighted by atomic mass is 35.5. The van der Waals surface area contributed by atoms with E-state index in [4.69, 9.17) is 16.7 Å². The van der Waals surface area contributed by atoms with Gasteiger partial charge >= 0.3 is 5.97 Å². The van der Waals surface area contributed by atoms with Crippen molar-refractivity contribution in [3.05, 3.63) is 28.8 Å². The minimum absolute atomic E-state index is 0.196. The molecule has 0 bridgehead atoms. The molecule has 0 aliphatic carbocycles. The highest BCUT2D eigenvalue weighted by molar-refractivity contribution is 7.92. The van der Waals surface area contributed by atoms with Gasteiger partial charge in [-0.05, 0) is 25.1 Å². The van der Waals surface area contributed by atoms with Crippen LogP contribution in [0.1, 0.15) is 17.3 Å². The fourth-order valence-electron chi connectivity index (χ4n) is 1.39. The fourth-order valence-corrected chi connectivity index (χ4v) is 3.07. The highest BCUT2D eigenvalue weighted by Crippen LogP contribution is 2.23. The molecule has 0 radical (unpaired) electrons. The number of sulfone groups is 1. The number of rotatable bonds is 4. The van der Waals surface area contributed by atoms with Crippen molar-refractivity contribution < 1.29 is 23.1 Å². The number of carboxylic acids is 1. The largest absolute Gasteiger partial charge is 0.478 e. The lowest BCUT2D eigenvalue weighted by atomic mass is 10.2. The summed E-state index contributed by atoms with van der Waals surface area (Å²) in [7, 11) is -2.58. The fraction of sp³-hybridized carbons (Fsp3) is 0.273. The number of benzene rings is 1. The molecule has 1 aromatic carbocycles. The molecule has 0 saturated heterocycles. The molecule has 1 aromatic rings. The Morgan fingerprint density at radius 2 is 1.95 bits per heavy atom. The van der Waals surface area contributed by atoms with Gasteiger partial charge in [0, 0.05) is 7.05 Å². The number of hydrogen-bond donors (Lipinski definition) is 2. The van der Waals surface area contributed by atoms with Crippen molar-refractivity contribution in [2.45, 2.75) is 17.1 Å². The van der Waals surface area contributed by atoms with Crippen LogP contribution in [0.3, 0.4) is 0 Å². The minimum Gasteiger partial charge on any atom is -0.478 e. The van der Waals surface area contributed by atoms with Gasteiger partial charge in [0.15, 0.2) is 9.84 Å². The molecule has 6 nitrogen and oxygen atoms in total. The third-order valence-electron chi connectivity index (χ3n) is 2.58. The normalized spacial score (nSPS) is 12.8. The van der Waals surface area contributed by atoms with E-state index in [1.807, 2.05) is 0 Å². The van der Waals surface area contributed by atoms with Crippen LogP contribution in [-0.2, 0) is 14.6 Å². The van der Waals surface area contributed by atoms with Crippen molar-refractivity contribution in [2.24, 2.45) is 0 Å². The molecule has 2 N–H and O–H groups in total. The molecular formula is C11H12ClNO5S. The van der Waals surface area contributed by atoms with Crippen molar-refractivity contribution in [3.8, 4) is 0 Å². The smallest absolute Gasteiger partial charge is 0.337 e. The van der Waals surface area contributed by atoms with E-state index in [2.05, 4.69) is 5.32 Å². The molecule has 0 aromatic heterocycles. The lowest BCUT2D eigenvalue weighted by molar-refractivity contribution is -0.119. The van der Waals surface area contributed by atoms with E-state index in [0.29, 0.717) is 0 Å². The van der Waals surface area contributed by atoms with Gasteiger partial charge in [-0.25, -0.2) is 13.2 Å². The first kappa shape index (κ1) is 15.5. The van der Waals surface area contributed by atoms with Gasteiger partial charge in [0.1, 0.15) is 5.25 Å². The Hall–Kier alpha value is -1.60. The lowest BCUT2D eigenvalue weighted by Gasteiger charge is -2.12. The van der Waals surface area contributed by atoms with E-state index >= 15 is 0 Å². The summed E-state index contributed by atoms with van der Waals surface area (Å²) in [6.07, 6.45) is 0. The summed E-state index contributed by atoms with van der Waals surface area (Å²) >= 11 is 5.70. The molecule has 0 aliphatic rings. The summed E-state index contributed by atoms with van der Waals surface area (Å²) in [6.45, 7) is 1.24. The monoisotopic (exact) mass is 305 g/mol. The van der Waals surface area contributed by atoms with E-state index in [1.165, 1.54) is 14.0 Å². The van der Waals surface area contributed by atoms with E-state index in [9.17, 15) is 18.0 Å². The van der Waals surface area contributed by atoms with Crippen molar-refractivity contribution in [1.29, 1.82) is 0 Å². The second-order valence-electron chi connectivity index (χ2n) is 3.75. The summed E-state index contributed by atoms with van der Waals surface area (Å²) in [5, 5.41) is 9.55. The number of carboxylic acid groups (broad SMARTS) is 1. The molecule has 0 spiro atoms. The number of carbonyl (C=O) groups excluding carboxylic acids is 1. The van der Waals surface area contributed by atoms with Gasteiger partial charge in [0.05, 0.1) is 15.5 Å². The van der Waals surface area contributed by atoms with Gasteiger partial charge in [0.25, 0.3) is 0 Å². The number of hydrogen-bond acceptors (Lipinski definition) is 4. The quantitative estimate of drug-likeness (QED) is 0.862. The zero-order chi connectivity index (χ0) is 14.8. The first-order chi connectivity index (χ1) is 8.71. The van der Waals surface area contributed by atoms with Crippen molar-refractivity contribution in [2.75, 3.05) is 7.05 Å². The Balaban J connectivity index is 3.27. The number of halogens is 1. The van der Waals surface area contributed by atoms with Crippen LogP contribution in [0.2, 0.25) is 5.02 Å². The molecule has 8 heteroatoms. The predicted molar refractivity (Wildman–Crippen MR) is 69.1 cm³/mol. The summed E-state index contributed by atoms with van der Waals surface area (Å²) < 4.78 is 24.2. The van der Waals surface area contributed by atoms with Crippen molar-refractivity contribution in [3.63, 3.8) is 0 Å². The Kier molecular flexibility index (Phi) is 4.54. The number of nitrogens with one attached hydrogen (secondary N) is 1. The average molecular weight is 306 g/mol. The van der Waals surface area contributed by atoms with Crippen LogP contribution in [0.25, 0.3) is 0 Å². The second-order valence-corrected chi connectivity index (χ2v) is 6.42. The lowest BCUT2D eigenvalue weighted by Crippen LogP contribution is -2.35. The maximum atomic E-state index is 12.1. The van der Waals surface area contributed by atoms with Crippen LogP contribution < -0.4 is 5.32 Å². The molecular weight excluding hydrogens is 294 g/mol. The molecule has 1 amide bonds. The second kappa shape index (κ2) is 5.58. The molecule has 1 unspecified atom stereocenters. The summed E-state index contributed by atoms with van der Waals surface area (Å²) in [5.41, 5.74) is -0.201. The Labute approximate surface area is 115 Å². The van der Waals surface area contributed by atoms with E-state index in [0.717, 1.165) is 18.2 Å². The molecule has 0 fully saturated rings. The summed E-state index contributed by atoms with van der Waals surface area (Å²) in [6, 6.07) is 3.23. The molecule has 0 heterocycles. The molecule has 0 saturated carbocycles. The predicted octanol–water partition coefficient (Wildman–Crippen LogP) is 0.946. The maximum absolute atomic E-state index is 12.1. The van der Waals surface area contributed by atoms with E-state index < -0.39 is 27.0 Å². The van der Waals surface area contributed by atoms with Gasteiger partial charge in [-0.2, -0.15) is 0 Å². The van der Waals surface area contributed by atoms with Gasteiger partial charge in [-0.15, -0.1) is 0 Å². The zero-order valence-corrected chi connectivity index (χ0v) is 11.7. The van der Waals surface area contributed by atoms with Crippen LogP contribution in [0.4, 0.5) is 0 Å². The number of aromatic carboxylic acids is 1. The average Bonchev–Trinajstić information content (AvgIpc) is 2.36. The van der Waals surface area contributed by atoms with Gasteiger partial charge in [0.2, 0.25) is 5.91 Å².